The van der Waals surface area contributed by atoms with E-state index in [-0.39, 0.29) is 7.12 Å². The number of hydrogen-bond acceptors (Lipinski definition) is 2. The highest BCUT2D eigenvalue weighted by atomic mass is 16.6. The lowest BCUT2D eigenvalue weighted by atomic mass is 9.86. The summed E-state index contributed by atoms with van der Waals surface area (Å²) in [6.45, 7) is 5.36. The molecule has 0 unspecified atom stereocenters. The zero-order valence-corrected chi connectivity index (χ0v) is 7.10. The Hall–Kier alpha value is -1.22. The van der Waals surface area contributed by atoms with Gasteiger partial charge in [-0.05, 0) is 0 Å². The second kappa shape index (κ2) is 6.90. The van der Waals surface area contributed by atoms with E-state index in [9.17, 15) is 0 Å². The van der Waals surface area contributed by atoms with Crippen molar-refractivity contribution < 1.29 is 9.31 Å². The Bertz CT molecular complexity index is 182. The Morgan fingerprint density at radius 1 is 1.09 bits per heavy atom. The molecule has 0 fully saturated rings. The van der Waals surface area contributed by atoms with Crippen LogP contribution in [0.1, 0.15) is 20.8 Å². The van der Waals surface area contributed by atoms with Crippen LogP contribution in [0.2, 0.25) is 6.32 Å². The van der Waals surface area contributed by atoms with E-state index in [1.807, 2.05) is 6.92 Å². The molecule has 3 heteroatoms. The van der Waals surface area contributed by atoms with Crippen molar-refractivity contribution in [2.45, 2.75) is 27.1 Å². The Kier molecular flexibility index (Phi) is 6.14. The van der Waals surface area contributed by atoms with Gasteiger partial charge in [0.05, 0.1) is 12.2 Å². The van der Waals surface area contributed by atoms with Gasteiger partial charge in [0.2, 0.25) is 0 Å². The molecular formula is C8H11BO2. The second-order valence-electron chi connectivity index (χ2n) is 1.78. The van der Waals surface area contributed by atoms with Gasteiger partial charge >= 0.3 is 7.12 Å². The van der Waals surface area contributed by atoms with Gasteiger partial charge in [-0.2, -0.15) is 0 Å². The van der Waals surface area contributed by atoms with Gasteiger partial charge in [0.15, 0.2) is 0 Å². The fourth-order valence-electron chi connectivity index (χ4n) is 0.440. The highest BCUT2D eigenvalue weighted by Gasteiger charge is 2.16. The van der Waals surface area contributed by atoms with Gasteiger partial charge in [-0.3, -0.25) is 0 Å². The molecule has 0 spiro atoms. The first-order valence-corrected chi connectivity index (χ1v) is 3.50. The van der Waals surface area contributed by atoms with Crippen LogP contribution in [-0.4, -0.2) is 7.12 Å². The molecule has 0 radical (unpaired) electrons. The number of rotatable bonds is 3. The van der Waals surface area contributed by atoms with Crippen LogP contribution < -0.4 is 0 Å². The maximum absolute atomic E-state index is 4.96. The molecule has 0 aliphatic heterocycles. The van der Waals surface area contributed by atoms with E-state index in [1.165, 1.54) is 0 Å². The van der Waals surface area contributed by atoms with Crippen LogP contribution in [0.25, 0.3) is 0 Å². The van der Waals surface area contributed by atoms with Crippen LogP contribution in [-0.2, 0) is 9.31 Å². The van der Waals surface area contributed by atoms with Crippen LogP contribution in [0.5, 0.6) is 0 Å². The summed E-state index contributed by atoms with van der Waals surface area (Å²) in [6, 6.07) is 0. The molecule has 0 saturated heterocycles. The third kappa shape index (κ3) is 5.24. The van der Waals surface area contributed by atoms with E-state index in [1.54, 1.807) is 13.8 Å². The maximum Gasteiger partial charge on any atom is 0.611 e. The van der Waals surface area contributed by atoms with E-state index < -0.39 is 0 Å². The topological polar surface area (TPSA) is 18.5 Å². The predicted octanol–water partition coefficient (Wildman–Crippen LogP) is 1.49. The first-order valence-electron chi connectivity index (χ1n) is 3.50. The fourth-order valence-corrected chi connectivity index (χ4v) is 0.440. The van der Waals surface area contributed by atoms with E-state index in [4.69, 9.17) is 9.31 Å². The molecule has 0 saturated carbocycles. The second-order valence-corrected chi connectivity index (χ2v) is 1.78. The SMILES string of the molecule is CC#COB(CC)OC#CC. The highest BCUT2D eigenvalue weighted by molar-refractivity contribution is 6.45. The van der Waals surface area contributed by atoms with Crippen molar-refractivity contribution in [2.24, 2.45) is 0 Å². The van der Waals surface area contributed by atoms with E-state index in [0.717, 1.165) is 6.32 Å². The monoisotopic (exact) mass is 150 g/mol. The summed E-state index contributed by atoms with van der Waals surface area (Å²) >= 11 is 0. The van der Waals surface area contributed by atoms with Gasteiger partial charge in [0.1, 0.15) is 0 Å². The average molecular weight is 150 g/mol. The Balaban J connectivity index is 3.69. The fraction of sp³-hybridized carbons (Fsp3) is 0.500. The van der Waals surface area contributed by atoms with Crippen molar-refractivity contribution in [1.82, 2.24) is 0 Å². The van der Waals surface area contributed by atoms with Gasteiger partial charge in [-0.1, -0.05) is 18.8 Å². The van der Waals surface area contributed by atoms with Crippen LogP contribution in [0.15, 0.2) is 0 Å². The summed E-state index contributed by atoms with van der Waals surface area (Å²) in [7, 11) is -0.324. The van der Waals surface area contributed by atoms with Crippen LogP contribution in [0.3, 0.4) is 0 Å². The molecule has 0 N–H and O–H groups in total. The predicted molar refractivity (Wildman–Crippen MR) is 45.3 cm³/mol. The van der Waals surface area contributed by atoms with E-state index >= 15 is 0 Å². The quantitative estimate of drug-likeness (QED) is 0.448. The van der Waals surface area contributed by atoms with Gasteiger partial charge in [0, 0.05) is 20.2 Å². The molecule has 0 aliphatic rings. The van der Waals surface area contributed by atoms with Crippen molar-refractivity contribution in [2.75, 3.05) is 0 Å². The molecule has 0 aliphatic carbocycles. The zero-order chi connectivity index (χ0) is 8.53. The molecular weight excluding hydrogens is 139 g/mol. The lowest BCUT2D eigenvalue weighted by Gasteiger charge is -2.02. The Labute approximate surface area is 68.4 Å². The minimum Gasteiger partial charge on any atom is -0.476 e. The molecule has 0 aromatic rings. The van der Waals surface area contributed by atoms with Gasteiger partial charge < -0.3 is 9.31 Å². The molecule has 0 aromatic heterocycles. The summed E-state index contributed by atoms with van der Waals surface area (Å²) in [5.41, 5.74) is 0. The van der Waals surface area contributed by atoms with Crippen LogP contribution >= 0.6 is 0 Å². The minimum absolute atomic E-state index is 0.324. The Morgan fingerprint density at radius 2 is 1.55 bits per heavy atom. The molecule has 11 heavy (non-hydrogen) atoms. The minimum atomic E-state index is -0.324. The molecule has 2 nitrogen and oxygen atoms in total. The molecule has 0 heterocycles. The van der Waals surface area contributed by atoms with E-state index in [2.05, 4.69) is 24.1 Å². The van der Waals surface area contributed by atoms with E-state index in [0.29, 0.717) is 0 Å². The third-order valence-electron chi connectivity index (χ3n) is 0.918. The van der Waals surface area contributed by atoms with Crippen LogP contribution in [0, 0.1) is 24.1 Å². The third-order valence-corrected chi connectivity index (χ3v) is 0.918. The van der Waals surface area contributed by atoms with Crippen LogP contribution in [0.4, 0.5) is 0 Å². The van der Waals surface area contributed by atoms with Crippen molar-refractivity contribution >= 4 is 7.12 Å². The lowest BCUT2D eigenvalue weighted by molar-refractivity contribution is 0.378. The summed E-state index contributed by atoms with van der Waals surface area (Å²) < 4.78 is 9.91. The smallest absolute Gasteiger partial charge is 0.476 e. The molecule has 0 rings (SSSR count). The normalized spacial score (nSPS) is 6.45. The van der Waals surface area contributed by atoms with Crippen molar-refractivity contribution in [3.63, 3.8) is 0 Å². The maximum atomic E-state index is 4.96. The average Bonchev–Trinajstić information content (AvgIpc) is 2.05. The summed E-state index contributed by atoms with van der Waals surface area (Å²) in [6.07, 6.45) is 5.67. The summed E-state index contributed by atoms with van der Waals surface area (Å²) in [4.78, 5) is 0. The first-order chi connectivity index (χ1) is 5.35. The standard InChI is InChI=1S/C8H11BO2/c1-4-7-10-9(6-3)11-8-5-2/h6H2,1-3H3. The van der Waals surface area contributed by atoms with Gasteiger partial charge in [-0.25, -0.2) is 0 Å². The largest absolute Gasteiger partial charge is 0.611 e. The van der Waals surface area contributed by atoms with Gasteiger partial charge in [-0.15, -0.1) is 0 Å². The Morgan fingerprint density at radius 3 is 1.82 bits per heavy atom. The lowest BCUT2D eigenvalue weighted by Crippen LogP contribution is -2.16. The van der Waals surface area contributed by atoms with Crippen molar-refractivity contribution in [3.05, 3.63) is 0 Å². The van der Waals surface area contributed by atoms with Gasteiger partial charge in [0.25, 0.3) is 0 Å². The highest BCUT2D eigenvalue weighted by Crippen LogP contribution is 1.93. The van der Waals surface area contributed by atoms with Crippen molar-refractivity contribution in [1.29, 1.82) is 0 Å². The summed E-state index contributed by atoms with van der Waals surface area (Å²) in [5.74, 6) is 5.22. The number of hydrogen-bond donors (Lipinski definition) is 0. The zero-order valence-electron chi connectivity index (χ0n) is 7.10. The molecule has 0 atom stereocenters. The molecule has 0 amide bonds. The van der Waals surface area contributed by atoms with Crippen molar-refractivity contribution in [3.8, 4) is 24.1 Å². The molecule has 0 bridgehead atoms. The summed E-state index contributed by atoms with van der Waals surface area (Å²) in [5, 5.41) is 0. The molecule has 58 valence electrons. The first kappa shape index (κ1) is 9.78. The molecule has 0 aromatic carbocycles.